The molecule has 0 radical (unpaired) electrons. The monoisotopic (exact) mass is 435 g/mol. The number of carboxylic acids is 1. The molecule has 1 unspecified atom stereocenters. The number of carbonyl (C=O) groups is 2. The van der Waals surface area contributed by atoms with Crippen LogP contribution in [0.15, 0.2) is 48.0 Å². The number of nitrogens with one attached hydrogen (secondary N) is 1. The minimum atomic E-state index is -1.17. The second-order valence-corrected chi connectivity index (χ2v) is 7.96. The molecule has 1 atom stereocenters. The number of benzene rings is 2. The first-order valence-electron chi connectivity index (χ1n) is 10.7. The third-order valence-electron chi connectivity index (χ3n) is 5.32. The zero-order valence-electron chi connectivity index (χ0n) is 18.7. The smallest absolute Gasteiger partial charge is 0.340 e. The molecule has 0 bridgehead atoms. The third kappa shape index (κ3) is 5.65. The fourth-order valence-corrected chi connectivity index (χ4v) is 3.65. The molecule has 0 amide bonds. The van der Waals surface area contributed by atoms with Crippen molar-refractivity contribution in [1.82, 2.24) is 5.32 Å². The number of carbonyl (C=O) groups excluding carboxylic acids is 1. The molecule has 168 valence electrons. The maximum atomic E-state index is 12.8. The summed E-state index contributed by atoms with van der Waals surface area (Å²) < 4.78 is 11.4. The van der Waals surface area contributed by atoms with Gasteiger partial charge in [0.15, 0.2) is 5.75 Å². The summed E-state index contributed by atoms with van der Waals surface area (Å²) in [7, 11) is 1.52. The van der Waals surface area contributed by atoms with Gasteiger partial charge in [-0.3, -0.25) is 0 Å². The van der Waals surface area contributed by atoms with E-state index in [1.807, 2.05) is 56.3 Å². The zero-order chi connectivity index (χ0) is 23.1. The third-order valence-corrected chi connectivity index (χ3v) is 5.32. The van der Waals surface area contributed by atoms with Crippen molar-refractivity contribution in [3.63, 3.8) is 0 Å². The summed E-state index contributed by atoms with van der Waals surface area (Å²) in [5.74, 6) is -1.13. The maximum absolute atomic E-state index is 12.8. The van der Waals surface area contributed by atoms with Crippen LogP contribution in [-0.2, 0) is 11.2 Å². The molecule has 0 saturated carbocycles. The molecule has 32 heavy (non-hydrogen) atoms. The van der Waals surface area contributed by atoms with E-state index < -0.39 is 18.0 Å². The first-order chi connectivity index (χ1) is 15.4. The van der Waals surface area contributed by atoms with Gasteiger partial charge in [-0.2, -0.15) is 0 Å². The summed E-state index contributed by atoms with van der Waals surface area (Å²) >= 11 is 0. The number of hydrogen-bond donors (Lipinski definition) is 2. The van der Waals surface area contributed by atoms with Crippen LogP contribution in [0, 0.1) is 0 Å². The van der Waals surface area contributed by atoms with Crippen molar-refractivity contribution in [2.45, 2.75) is 39.2 Å². The molecule has 2 aromatic carbocycles. The van der Waals surface area contributed by atoms with Crippen LogP contribution < -0.4 is 14.8 Å². The van der Waals surface area contributed by atoms with Crippen LogP contribution in [0.4, 0.5) is 0 Å². The van der Waals surface area contributed by atoms with Crippen molar-refractivity contribution in [3.8, 4) is 11.5 Å². The molecule has 0 aromatic heterocycles. The molecule has 1 heterocycles. The molecular formula is C26H29NO5. The van der Waals surface area contributed by atoms with Crippen molar-refractivity contribution in [3.05, 3.63) is 70.3 Å². The van der Waals surface area contributed by atoms with E-state index in [-0.39, 0.29) is 11.3 Å². The minimum absolute atomic E-state index is 0.0424. The second kappa shape index (κ2) is 10.8. The predicted molar refractivity (Wildman–Crippen MR) is 125 cm³/mol. The summed E-state index contributed by atoms with van der Waals surface area (Å²) in [4.78, 5) is 25.2. The molecule has 0 spiro atoms. The SMILES string of the molecule is COc1cc(C=Cc2ccccc2)c(C(=O)O)c(OC(=O)C2CCCN2)c1CC=C(C)C. The van der Waals surface area contributed by atoms with Crippen LogP contribution in [-0.4, -0.2) is 36.7 Å². The highest BCUT2D eigenvalue weighted by atomic mass is 16.5. The van der Waals surface area contributed by atoms with Crippen molar-refractivity contribution >= 4 is 24.1 Å². The number of hydrogen-bond acceptors (Lipinski definition) is 5. The number of allylic oxidation sites excluding steroid dienone is 2. The number of esters is 1. The lowest BCUT2D eigenvalue weighted by molar-refractivity contribution is -0.136. The summed E-state index contributed by atoms with van der Waals surface area (Å²) in [5.41, 5.74) is 2.87. The Labute approximate surface area is 188 Å². The van der Waals surface area contributed by atoms with E-state index in [0.717, 1.165) is 24.1 Å². The van der Waals surface area contributed by atoms with Crippen LogP contribution in [0.1, 0.15) is 53.7 Å². The Balaban J connectivity index is 2.14. The van der Waals surface area contributed by atoms with Gasteiger partial charge < -0.3 is 19.9 Å². The van der Waals surface area contributed by atoms with Gasteiger partial charge in [0.25, 0.3) is 0 Å². The van der Waals surface area contributed by atoms with Gasteiger partial charge >= 0.3 is 11.9 Å². The molecule has 1 saturated heterocycles. The highest BCUT2D eigenvalue weighted by Crippen LogP contribution is 2.38. The van der Waals surface area contributed by atoms with E-state index in [0.29, 0.717) is 29.7 Å². The van der Waals surface area contributed by atoms with Crippen molar-refractivity contribution in [1.29, 1.82) is 0 Å². The normalized spacial score (nSPS) is 15.5. The van der Waals surface area contributed by atoms with Crippen LogP contribution >= 0.6 is 0 Å². The zero-order valence-corrected chi connectivity index (χ0v) is 18.7. The molecule has 6 nitrogen and oxygen atoms in total. The maximum Gasteiger partial charge on any atom is 0.340 e. The first-order valence-corrected chi connectivity index (χ1v) is 10.7. The van der Waals surface area contributed by atoms with Gasteiger partial charge in [-0.1, -0.05) is 54.1 Å². The van der Waals surface area contributed by atoms with E-state index in [1.54, 1.807) is 12.1 Å². The van der Waals surface area contributed by atoms with Crippen LogP contribution in [0.25, 0.3) is 12.2 Å². The molecule has 1 fully saturated rings. The minimum Gasteiger partial charge on any atom is -0.496 e. The van der Waals surface area contributed by atoms with Crippen molar-refractivity contribution in [2.75, 3.05) is 13.7 Å². The van der Waals surface area contributed by atoms with Gasteiger partial charge in [-0.15, -0.1) is 0 Å². The molecule has 3 rings (SSSR count). The van der Waals surface area contributed by atoms with Crippen LogP contribution in [0.3, 0.4) is 0 Å². The van der Waals surface area contributed by atoms with Gasteiger partial charge in [0.1, 0.15) is 17.4 Å². The van der Waals surface area contributed by atoms with E-state index in [2.05, 4.69) is 5.32 Å². The number of ether oxygens (including phenoxy) is 2. The van der Waals surface area contributed by atoms with Crippen molar-refractivity contribution < 1.29 is 24.2 Å². The molecule has 2 aromatic rings. The Morgan fingerprint density at radius 1 is 1.19 bits per heavy atom. The molecular weight excluding hydrogens is 406 g/mol. The quantitative estimate of drug-likeness (QED) is 0.270. The number of rotatable bonds is 8. The lowest BCUT2D eigenvalue weighted by atomic mass is 9.97. The molecule has 1 aliphatic heterocycles. The highest BCUT2D eigenvalue weighted by molar-refractivity contribution is 5.99. The Kier molecular flexibility index (Phi) is 7.84. The van der Waals surface area contributed by atoms with Crippen molar-refractivity contribution in [2.24, 2.45) is 0 Å². The van der Waals surface area contributed by atoms with Crippen LogP contribution in [0.2, 0.25) is 0 Å². The average Bonchev–Trinajstić information content (AvgIpc) is 3.32. The largest absolute Gasteiger partial charge is 0.496 e. The fourth-order valence-electron chi connectivity index (χ4n) is 3.65. The fraction of sp³-hybridized carbons (Fsp3) is 0.308. The molecule has 0 aliphatic carbocycles. The van der Waals surface area contributed by atoms with Gasteiger partial charge in [0, 0.05) is 5.56 Å². The van der Waals surface area contributed by atoms with E-state index >= 15 is 0 Å². The summed E-state index contributed by atoms with van der Waals surface area (Å²) in [6, 6.07) is 10.8. The Bertz CT molecular complexity index is 1030. The topological polar surface area (TPSA) is 84.9 Å². The van der Waals surface area contributed by atoms with E-state index in [1.165, 1.54) is 7.11 Å². The molecule has 1 aliphatic rings. The number of methoxy groups -OCH3 is 1. The lowest BCUT2D eigenvalue weighted by Crippen LogP contribution is -2.34. The summed E-state index contributed by atoms with van der Waals surface area (Å²) in [5, 5.41) is 13.2. The number of aromatic carboxylic acids is 1. The Hall–Kier alpha value is -3.38. The van der Waals surface area contributed by atoms with Gasteiger partial charge in [0.2, 0.25) is 0 Å². The highest BCUT2D eigenvalue weighted by Gasteiger charge is 2.29. The van der Waals surface area contributed by atoms with Gasteiger partial charge in [-0.05, 0) is 56.8 Å². The summed E-state index contributed by atoms with van der Waals surface area (Å²) in [6.07, 6.45) is 7.40. The Morgan fingerprint density at radius 3 is 2.53 bits per heavy atom. The van der Waals surface area contributed by atoms with Gasteiger partial charge in [-0.25, -0.2) is 9.59 Å². The standard InChI is InChI=1S/C26H29NO5/c1-17(2)11-14-20-22(31-3)16-19(13-12-18-8-5-4-6-9-18)23(25(28)29)24(20)32-26(30)21-10-7-15-27-21/h4-6,8-9,11-13,16,21,27H,7,10,14-15H2,1-3H3,(H,28,29). The predicted octanol–water partition coefficient (Wildman–Crippen LogP) is 4.73. The van der Waals surface area contributed by atoms with Gasteiger partial charge in [0.05, 0.1) is 7.11 Å². The van der Waals surface area contributed by atoms with E-state index in [4.69, 9.17) is 9.47 Å². The first kappa shape index (κ1) is 23.3. The van der Waals surface area contributed by atoms with Crippen LogP contribution in [0.5, 0.6) is 11.5 Å². The lowest BCUT2D eigenvalue weighted by Gasteiger charge is -2.19. The Morgan fingerprint density at radius 2 is 1.94 bits per heavy atom. The average molecular weight is 436 g/mol. The molecule has 6 heteroatoms. The molecule has 2 N–H and O–H groups in total. The summed E-state index contributed by atoms with van der Waals surface area (Å²) in [6.45, 7) is 4.64. The second-order valence-electron chi connectivity index (χ2n) is 7.96. The number of carboxylic acid groups (broad SMARTS) is 1. The van der Waals surface area contributed by atoms with E-state index in [9.17, 15) is 14.7 Å².